The van der Waals surface area contributed by atoms with E-state index in [0.29, 0.717) is 23.3 Å². The Balaban J connectivity index is 1.52. The van der Waals surface area contributed by atoms with E-state index in [2.05, 4.69) is 39.4 Å². The summed E-state index contributed by atoms with van der Waals surface area (Å²) >= 11 is 3.05. The maximum Gasteiger partial charge on any atom is 0.233 e. The molecular weight excluding hydrogens is 364 g/mol. The third kappa shape index (κ3) is 4.89. The number of hydrogen-bond acceptors (Lipinski definition) is 5. The maximum absolute atomic E-state index is 12.4. The van der Waals surface area contributed by atoms with Crippen LogP contribution in [-0.4, -0.2) is 45.0 Å². The number of rotatable bonds is 7. The van der Waals surface area contributed by atoms with E-state index in [0.717, 1.165) is 11.1 Å². The first kappa shape index (κ1) is 18.5. The molecule has 1 aromatic heterocycles. The molecule has 3 rings (SSSR count). The maximum atomic E-state index is 12.4. The quantitative estimate of drug-likeness (QED) is 0.625. The predicted molar refractivity (Wildman–Crippen MR) is 107 cm³/mol. The average molecular weight is 385 g/mol. The Morgan fingerprint density at radius 3 is 2.54 bits per heavy atom. The highest BCUT2D eigenvalue weighted by Crippen LogP contribution is 2.20. The highest BCUT2D eigenvalue weighted by molar-refractivity contribution is 7.99. The number of benzene rings is 2. The van der Waals surface area contributed by atoms with Crippen molar-refractivity contribution in [2.24, 2.45) is 0 Å². The fourth-order valence-corrected chi connectivity index (χ4v) is 3.51. The lowest BCUT2D eigenvalue weighted by molar-refractivity contribution is -0.127. The molecular formula is C19H20N4OS2. The molecule has 0 aliphatic carbocycles. The molecule has 0 aliphatic heterocycles. The summed E-state index contributed by atoms with van der Waals surface area (Å²) in [6, 6.07) is 18.1. The number of nitrogens with zero attached hydrogens (tertiary/aromatic N) is 3. The first-order valence-electron chi connectivity index (χ1n) is 8.13. The van der Waals surface area contributed by atoms with E-state index in [1.165, 1.54) is 16.7 Å². The van der Waals surface area contributed by atoms with E-state index in [9.17, 15) is 4.79 Å². The lowest BCUT2D eigenvalue weighted by Gasteiger charge is -2.16. The zero-order valence-electron chi connectivity index (χ0n) is 14.7. The van der Waals surface area contributed by atoms with Crippen LogP contribution in [0.4, 0.5) is 0 Å². The van der Waals surface area contributed by atoms with Crippen LogP contribution in [0, 0.1) is 0 Å². The molecule has 0 radical (unpaired) electrons. The van der Waals surface area contributed by atoms with Crippen LogP contribution in [-0.2, 0) is 11.3 Å². The Bertz CT molecular complexity index is 849. The van der Waals surface area contributed by atoms with Crippen molar-refractivity contribution in [3.05, 3.63) is 60.2 Å². The first-order valence-corrected chi connectivity index (χ1v) is 10.3. The number of amides is 1. The van der Waals surface area contributed by atoms with E-state index in [4.69, 9.17) is 0 Å². The van der Waals surface area contributed by atoms with Crippen molar-refractivity contribution in [3.63, 3.8) is 0 Å². The van der Waals surface area contributed by atoms with Crippen molar-refractivity contribution < 1.29 is 4.79 Å². The molecule has 0 unspecified atom stereocenters. The van der Waals surface area contributed by atoms with Crippen molar-refractivity contribution in [1.82, 2.24) is 20.1 Å². The Morgan fingerprint density at radius 1 is 1.12 bits per heavy atom. The summed E-state index contributed by atoms with van der Waals surface area (Å²) in [5.41, 5.74) is 2.09. The summed E-state index contributed by atoms with van der Waals surface area (Å²) < 4.78 is 0. The van der Waals surface area contributed by atoms with Gasteiger partial charge >= 0.3 is 0 Å². The molecule has 1 heterocycles. The third-order valence-electron chi connectivity index (χ3n) is 3.84. The summed E-state index contributed by atoms with van der Waals surface area (Å²) in [6.07, 6.45) is 2.05. The zero-order valence-corrected chi connectivity index (χ0v) is 16.3. The largest absolute Gasteiger partial charge is 0.341 e. The highest BCUT2D eigenvalue weighted by Gasteiger charge is 2.12. The Hall–Kier alpha value is -2.25. The van der Waals surface area contributed by atoms with E-state index < -0.39 is 0 Å². The summed E-state index contributed by atoms with van der Waals surface area (Å²) in [5, 5.41) is 7.68. The smallest absolute Gasteiger partial charge is 0.233 e. The SMILES string of the molecule is CSc1ccc(CN(C)C(=O)CSc2n[nH]c(-c3ccccc3)n2)cc1. The molecule has 0 saturated heterocycles. The minimum atomic E-state index is 0.0509. The number of H-pyrrole nitrogens is 1. The summed E-state index contributed by atoms with van der Waals surface area (Å²) in [6.45, 7) is 0.595. The summed E-state index contributed by atoms with van der Waals surface area (Å²) in [4.78, 5) is 19.7. The summed E-state index contributed by atoms with van der Waals surface area (Å²) in [5.74, 6) is 1.07. The van der Waals surface area contributed by atoms with Gasteiger partial charge in [-0.15, -0.1) is 16.9 Å². The highest BCUT2D eigenvalue weighted by atomic mass is 32.2. The fourth-order valence-electron chi connectivity index (χ4n) is 2.37. The van der Waals surface area contributed by atoms with Gasteiger partial charge < -0.3 is 4.90 Å². The van der Waals surface area contributed by atoms with Crippen LogP contribution in [0.15, 0.2) is 64.6 Å². The van der Waals surface area contributed by atoms with Crippen LogP contribution in [0.1, 0.15) is 5.56 Å². The standard InChI is InChI=1S/C19H20N4OS2/c1-23(12-14-8-10-16(25-2)11-9-14)17(24)13-26-19-20-18(21-22-19)15-6-4-3-5-7-15/h3-11H,12-13H2,1-2H3,(H,20,21,22). The van der Waals surface area contributed by atoms with Gasteiger partial charge in [0.05, 0.1) is 5.75 Å². The molecule has 1 N–H and O–H groups in total. The first-order chi connectivity index (χ1) is 12.7. The van der Waals surface area contributed by atoms with Gasteiger partial charge in [0.25, 0.3) is 0 Å². The van der Waals surface area contributed by atoms with Crippen molar-refractivity contribution >= 4 is 29.4 Å². The summed E-state index contributed by atoms with van der Waals surface area (Å²) in [7, 11) is 1.82. The molecule has 0 atom stereocenters. The van der Waals surface area contributed by atoms with Crippen LogP contribution >= 0.6 is 23.5 Å². The molecule has 0 fully saturated rings. The van der Waals surface area contributed by atoms with Crippen LogP contribution in [0.25, 0.3) is 11.4 Å². The van der Waals surface area contributed by atoms with Gasteiger partial charge in [0, 0.05) is 24.1 Å². The molecule has 0 saturated carbocycles. The van der Waals surface area contributed by atoms with Gasteiger partial charge in [-0.3, -0.25) is 9.89 Å². The number of carbonyl (C=O) groups excluding carboxylic acids is 1. The Morgan fingerprint density at radius 2 is 1.85 bits per heavy atom. The lowest BCUT2D eigenvalue weighted by Crippen LogP contribution is -2.27. The van der Waals surface area contributed by atoms with Crippen LogP contribution < -0.4 is 0 Å². The van der Waals surface area contributed by atoms with Gasteiger partial charge in [0.15, 0.2) is 5.82 Å². The normalized spacial score (nSPS) is 10.7. The average Bonchev–Trinajstić information content (AvgIpc) is 3.16. The second-order valence-corrected chi connectivity index (χ2v) is 7.54. The molecule has 7 heteroatoms. The Labute approximate surface area is 161 Å². The van der Waals surface area contributed by atoms with Crippen LogP contribution in [0.2, 0.25) is 0 Å². The molecule has 0 aliphatic rings. The van der Waals surface area contributed by atoms with Crippen molar-refractivity contribution in [2.45, 2.75) is 16.6 Å². The van der Waals surface area contributed by atoms with Crippen LogP contribution in [0.5, 0.6) is 0 Å². The number of carbonyl (C=O) groups is 1. The molecule has 1 amide bonds. The second-order valence-electron chi connectivity index (χ2n) is 5.72. The minimum Gasteiger partial charge on any atom is -0.341 e. The van der Waals surface area contributed by atoms with Crippen molar-refractivity contribution in [1.29, 1.82) is 0 Å². The molecule has 2 aromatic carbocycles. The van der Waals surface area contributed by atoms with Gasteiger partial charge in [-0.1, -0.05) is 54.2 Å². The van der Waals surface area contributed by atoms with Gasteiger partial charge in [-0.2, -0.15) is 0 Å². The van der Waals surface area contributed by atoms with Crippen molar-refractivity contribution in [2.75, 3.05) is 19.1 Å². The number of aromatic nitrogens is 3. The number of nitrogens with one attached hydrogen (secondary N) is 1. The third-order valence-corrected chi connectivity index (χ3v) is 5.42. The topological polar surface area (TPSA) is 61.9 Å². The van der Waals surface area contributed by atoms with E-state index in [-0.39, 0.29) is 5.91 Å². The molecule has 0 bridgehead atoms. The fraction of sp³-hybridized carbons (Fsp3) is 0.211. The number of hydrogen-bond donors (Lipinski definition) is 1. The molecule has 3 aromatic rings. The van der Waals surface area contributed by atoms with Gasteiger partial charge in [-0.05, 0) is 24.0 Å². The second kappa shape index (κ2) is 8.91. The predicted octanol–water partition coefficient (Wildman–Crippen LogP) is 3.94. The number of aromatic amines is 1. The van der Waals surface area contributed by atoms with Crippen LogP contribution in [0.3, 0.4) is 0 Å². The minimum absolute atomic E-state index is 0.0509. The zero-order chi connectivity index (χ0) is 18.4. The molecule has 0 spiro atoms. The Kier molecular flexibility index (Phi) is 6.35. The van der Waals surface area contributed by atoms with Gasteiger partial charge in [0.1, 0.15) is 0 Å². The lowest BCUT2D eigenvalue weighted by atomic mass is 10.2. The van der Waals surface area contributed by atoms with E-state index >= 15 is 0 Å². The number of thioether (sulfide) groups is 2. The van der Waals surface area contributed by atoms with Gasteiger partial charge in [-0.25, -0.2) is 4.98 Å². The van der Waals surface area contributed by atoms with Gasteiger partial charge in [0.2, 0.25) is 11.1 Å². The van der Waals surface area contributed by atoms with Crippen molar-refractivity contribution in [3.8, 4) is 11.4 Å². The van der Waals surface area contributed by atoms with E-state index in [1.807, 2.05) is 43.6 Å². The molecule has 5 nitrogen and oxygen atoms in total. The molecule has 26 heavy (non-hydrogen) atoms. The molecule has 134 valence electrons. The monoisotopic (exact) mass is 384 g/mol. The van der Waals surface area contributed by atoms with E-state index in [1.54, 1.807) is 16.7 Å².